The minimum Gasteiger partial charge on any atom is -0.494 e. The van der Waals surface area contributed by atoms with Crippen LogP contribution in [0.2, 0.25) is 0 Å². The van der Waals surface area contributed by atoms with Gasteiger partial charge in [0.15, 0.2) is 17.4 Å². The molecule has 0 radical (unpaired) electrons. The van der Waals surface area contributed by atoms with E-state index in [0.29, 0.717) is 29.5 Å². The highest BCUT2D eigenvalue weighted by atomic mass is 127. The number of aromatic nitrogens is 2. The molecule has 7 heteroatoms. The van der Waals surface area contributed by atoms with Crippen molar-refractivity contribution in [3.05, 3.63) is 33.3 Å². The van der Waals surface area contributed by atoms with Crippen LogP contribution in [0.3, 0.4) is 0 Å². The summed E-state index contributed by atoms with van der Waals surface area (Å²) >= 11 is 2.07. The zero-order valence-electron chi connectivity index (χ0n) is 11.0. The third-order valence-corrected chi connectivity index (χ3v) is 3.81. The molecule has 0 unspecified atom stereocenters. The zero-order chi connectivity index (χ0) is 14.7. The molecule has 0 aliphatic heterocycles. The maximum atomic E-state index is 13.4. The largest absolute Gasteiger partial charge is 0.494 e. The number of halogens is 2. The maximum absolute atomic E-state index is 13.4. The van der Waals surface area contributed by atoms with Crippen LogP contribution < -0.4 is 10.5 Å². The Morgan fingerprint density at radius 2 is 2.05 bits per heavy atom. The van der Waals surface area contributed by atoms with Crippen molar-refractivity contribution in [1.29, 1.82) is 0 Å². The van der Waals surface area contributed by atoms with Crippen molar-refractivity contribution in [3.8, 4) is 17.1 Å². The van der Waals surface area contributed by atoms with Gasteiger partial charge in [-0.2, -0.15) is 0 Å². The van der Waals surface area contributed by atoms with Gasteiger partial charge in [0.2, 0.25) is 0 Å². The normalized spacial score (nSPS) is 10.6. The summed E-state index contributed by atoms with van der Waals surface area (Å²) in [5.74, 6) is 0.475. The topological polar surface area (TPSA) is 70.3 Å². The summed E-state index contributed by atoms with van der Waals surface area (Å²) in [5.41, 5.74) is 7.19. The van der Waals surface area contributed by atoms with Gasteiger partial charge in [-0.15, -0.1) is 0 Å². The van der Waals surface area contributed by atoms with Crippen LogP contribution >= 0.6 is 22.6 Å². The molecule has 0 amide bonds. The van der Waals surface area contributed by atoms with Crippen LogP contribution in [0.1, 0.15) is 5.69 Å². The predicted molar refractivity (Wildman–Crippen MR) is 81.8 cm³/mol. The van der Waals surface area contributed by atoms with E-state index in [-0.39, 0.29) is 5.75 Å². The molecule has 106 valence electrons. The van der Waals surface area contributed by atoms with Crippen molar-refractivity contribution in [2.75, 3.05) is 20.0 Å². The van der Waals surface area contributed by atoms with Gasteiger partial charge in [0.05, 0.1) is 23.0 Å². The highest BCUT2D eigenvalue weighted by molar-refractivity contribution is 14.1. The minimum atomic E-state index is -0.438. The first kappa shape index (κ1) is 14.9. The van der Waals surface area contributed by atoms with Gasteiger partial charge in [-0.1, -0.05) is 0 Å². The van der Waals surface area contributed by atoms with Crippen LogP contribution in [0.15, 0.2) is 18.2 Å². The summed E-state index contributed by atoms with van der Waals surface area (Å²) in [7, 11) is 2.98. The highest BCUT2D eigenvalue weighted by Gasteiger charge is 2.13. The van der Waals surface area contributed by atoms with Gasteiger partial charge >= 0.3 is 0 Å². The smallest absolute Gasteiger partial charge is 0.165 e. The average Bonchev–Trinajstić information content (AvgIpc) is 2.44. The van der Waals surface area contributed by atoms with Gasteiger partial charge in [-0.3, -0.25) is 0 Å². The fourth-order valence-corrected chi connectivity index (χ4v) is 2.07. The zero-order valence-corrected chi connectivity index (χ0v) is 13.1. The number of nitrogens with two attached hydrogens (primary N) is 1. The fraction of sp³-hybridized carbons (Fsp3) is 0.231. The number of nitrogen functional groups attached to an aromatic ring is 1. The van der Waals surface area contributed by atoms with E-state index in [0.717, 1.165) is 3.57 Å². The Morgan fingerprint density at radius 3 is 2.70 bits per heavy atom. The summed E-state index contributed by atoms with van der Waals surface area (Å²) < 4.78 is 24.2. The number of nitrogens with zero attached hydrogens (tertiary/aromatic N) is 2. The molecule has 0 bridgehead atoms. The van der Waals surface area contributed by atoms with E-state index in [2.05, 4.69) is 32.6 Å². The number of hydrogen-bond acceptors (Lipinski definition) is 5. The second-order valence-corrected chi connectivity index (χ2v) is 5.05. The monoisotopic (exact) mass is 389 g/mol. The molecule has 2 aromatic rings. The molecular weight excluding hydrogens is 376 g/mol. The molecule has 0 aliphatic rings. The van der Waals surface area contributed by atoms with E-state index >= 15 is 0 Å². The van der Waals surface area contributed by atoms with E-state index in [9.17, 15) is 4.39 Å². The minimum absolute atomic E-state index is 0.136. The quantitative estimate of drug-likeness (QED) is 0.815. The molecule has 0 atom stereocenters. The van der Waals surface area contributed by atoms with Crippen LogP contribution in [0.5, 0.6) is 5.75 Å². The molecule has 1 aromatic heterocycles. The molecule has 2 rings (SSSR count). The van der Waals surface area contributed by atoms with E-state index in [4.69, 9.17) is 15.2 Å². The van der Waals surface area contributed by atoms with E-state index in [1.807, 2.05) is 0 Å². The molecule has 0 saturated carbocycles. The molecule has 0 spiro atoms. The van der Waals surface area contributed by atoms with Gasteiger partial charge in [-0.25, -0.2) is 14.4 Å². The average molecular weight is 389 g/mol. The van der Waals surface area contributed by atoms with Gasteiger partial charge in [0, 0.05) is 12.7 Å². The first-order chi connectivity index (χ1) is 9.56. The van der Waals surface area contributed by atoms with Crippen LogP contribution in [0.4, 0.5) is 10.2 Å². The molecule has 1 heterocycles. The van der Waals surface area contributed by atoms with Crippen molar-refractivity contribution in [2.45, 2.75) is 6.61 Å². The Kier molecular flexibility index (Phi) is 4.71. The lowest BCUT2D eigenvalue weighted by Crippen LogP contribution is -2.06. The third-order valence-electron chi connectivity index (χ3n) is 2.64. The number of hydrogen-bond donors (Lipinski definition) is 1. The number of methoxy groups -OCH3 is 2. The Labute approximate surface area is 129 Å². The van der Waals surface area contributed by atoms with Crippen molar-refractivity contribution < 1.29 is 13.9 Å². The summed E-state index contributed by atoms with van der Waals surface area (Å²) in [6.07, 6.45) is 0. The molecular formula is C13H13FIN3O2. The molecule has 5 nitrogen and oxygen atoms in total. The standard InChI is InChI=1S/C13H13FIN3O2/c1-19-6-9-11(15)12(16)18-13(17-9)7-3-4-8(14)10(5-7)20-2/h3-5H,6H2,1-2H3,(H2,16,17,18). The molecule has 0 saturated heterocycles. The molecule has 20 heavy (non-hydrogen) atoms. The lowest BCUT2D eigenvalue weighted by atomic mass is 10.2. The number of anilines is 1. The van der Waals surface area contributed by atoms with Crippen molar-refractivity contribution in [3.63, 3.8) is 0 Å². The Balaban J connectivity index is 2.52. The van der Waals surface area contributed by atoms with Gasteiger partial charge in [-0.05, 0) is 40.8 Å². The number of benzene rings is 1. The first-order valence-corrected chi connectivity index (χ1v) is 6.79. The predicted octanol–water partition coefficient (Wildman–Crippen LogP) is 2.62. The fourth-order valence-electron chi connectivity index (χ4n) is 1.67. The molecule has 2 N–H and O–H groups in total. The lowest BCUT2D eigenvalue weighted by molar-refractivity contribution is 0.181. The van der Waals surface area contributed by atoms with Crippen LogP contribution in [0.25, 0.3) is 11.4 Å². The third kappa shape index (κ3) is 2.98. The number of rotatable bonds is 4. The van der Waals surface area contributed by atoms with Gasteiger partial charge in [0.25, 0.3) is 0 Å². The number of ether oxygens (including phenoxy) is 2. The summed E-state index contributed by atoms with van der Waals surface area (Å²) in [5, 5.41) is 0. The first-order valence-electron chi connectivity index (χ1n) is 5.71. The molecule has 1 aromatic carbocycles. The van der Waals surface area contributed by atoms with E-state index < -0.39 is 5.82 Å². The van der Waals surface area contributed by atoms with E-state index in [1.165, 1.54) is 19.2 Å². The lowest BCUT2D eigenvalue weighted by Gasteiger charge is -2.09. The molecule has 0 aliphatic carbocycles. The van der Waals surface area contributed by atoms with Crippen LogP contribution in [-0.4, -0.2) is 24.2 Å². The summed E-state index contributed by atoms with van der Waals surface area (Å²) in [6, 6.07) is 4.42. The second-order valence-electron chi connectivity index (χ2n) is 3.98. The van der Waals surface area contributed by atoms with Gasteiger partial charge < -0.3 is 15.2 Å². The second kappa shape index (κ2) is 6.31. The summed E-state index contributed by atoms with van der Waals surface area (Å²) in [6.45, 7) is 0.330. The van der Waals surface area contributed by atoms with Crippen molar-refractivity contribution in [1.82, 2.24) is 9.97 Å². The van der Waals surface area contributed by atoms with Gasteiger partial charge in [0.1, 0.15) is 5.82 Å². The van der Waals surface area contributed by atoms with Crippen LogP contribution in [0, 0.1) is 9.39 Å². The Bertz CT molecular complexity index is 637. The maximum Gasteiger partial charge on any atom is 0.165 e. The van der Waals surface area contributed by atoms with Crippen molar-refractivity contribution >= 4 is 28.4 Å². The highest BCUT2D eigenvalue weighted by Crippen LogP contribution is 2.26. The van der Waals surface area contributed by atoms with E-state index in [1.54, 1.807) is 13.2 Å². The SMILES string of the molecule is COCc1nc(-c2ccc(F)c(OC)c2)nc(N)c1I. The molecule has 0 fully saturated rings. The summed E-state index contributed by atoms with van der Waals surface area (Å²) in [4.78, 5) is 8.61. The Hall–Kier alpha value is -1.48. The Morgan fingerprint density at radius 1 is 1.30 bits per heavy atom. The van der Waals surface area contributed by atoms with Crippen LogP contribution in [-0.2, 0) is 11.3 Å². The van der Waals surface area contributed by atoms with Crippen molar-refractivity contribution in [2.24, 2.45) is 0 Å².